The molecule has 0 aliphatic rings. The Balaban J connectivity index is 0.000001000. The van der Waals surface area contributed by atoms with Crippen molar-refractivity contribution >= 4 is 8.41 Å². The van der Waals surface area contributed by atoms with Crippen molar-refractivity contribution in [1.29, 1.82) is 0 Å². The minimum Gasteiger partial charge on any atom is -0.497 e. The summed E-state index contributed by atoms with van der Waals surface area (Å²) in [7, 11) is 3.27. The van der Waals surface area contributed by atoms with Crippen molar-refractivity contribution < 1.29 is 9.47 Å². The van der Waals surface area contributed by atoms with Crippen LogP contribution in [0.1, 0.15) is 0 Å². The summed E-state index contributed by atoms with van der Waals surface area (Å²) in [4.78, 5) is 0. The molecule has 0 saturated carbocycles. The molecule has 1 aromatic carbocycles. The largest absolute Gasteiger partial charge is 0.497 e. The van der Waals surface area contributed by atoms with Gasteiger partial charge in [0.1, 0.15) is 11.5 Å². The van der Waals surface area contributed by atoms with E-state index < -0.39 is 0 Å². The Morgan fingerprint density at radius 3 is 1.82 bits per heavy atom. The maximum Gasteiger partial charge on any atom is 0.122 e. The summed E-state index contributed by atoms with van der Waals surface area (Å²) in [5.41, 5.74) is 0. The molecule has 0 N–H and O–H groups in total. The van der Waals surface area contributed by atoms with Gasteiger partial charge in [-0.25, -0.2) is 0 Å². The lowest BCUT2D eigenvalue weighted by molar-refractivity contribution is 0.394. The Kier molecular flexibility index (Phi) is 4.19. The Hall–Kier alpha value is -1.12. The molecule has 0 spiro atoms. The predicted molar refractivity (Wildman–Crippen MR) is 45.3 cm³/mol. The molecular weight excluding hydrogens is 139 g/mol. The predicted octanol–water partition coefficient (Wildman–Crippen LogP) is 1.32. The van der Waals surface area contributed by atoms with Gasteiger partial charge in [0.2, 0.25) is 0 Å². The minimum atomic E-state index is 0. The number of hydrogen-bond donors (Lipinski definition) is 0. The van der Waals surface area contributed by atoms with Crippen LogP contribution in [-0.2, 0) is 0 Å². The summed E-state index contributed by atoms with van der Waals surface area (Å²) >= 11 is 0. The van der Waals surface area contributed by atoms with Crippen LogP contribution in [0, 0.1) is 0 Å². The number of ether oxygens (including phenoxy) is 2. The molecule has 0 aliphatic carbocycles. The molecule has 3 heteroatoms. The highest BCUT2D eigenvalue weighted by molar-refractivity contribution is 5.75. The Labute approximate surface area is 68.7 Å². The maximum atomic E-state index is 4.98. The molecule has 1 rings (SSSR count). The monoisotopic (exact) mass is 149 g/mol. The van der Waals surface area contributed by atoms with E-state index in [2.05, 4.69) is 0 Å². The quantitative estimate of drug-likeness (QED) is 0.590. The van der Waals surface area contributed by atoms with Crippen LogP contribution >= 0.6 is 0 Å². The van der Waals surface area contributed by atoms with Crippen LogP contribution in [-0.4, -0.2) is 22.6 Å². The summed E-state index contributed by atoms with van der Waals surface area (Å²) < 4.78 is 9.95. The molecule has 0 amide bonds. The summed E-state index contributed by atoms with van der Waals surface area (Å²) in [6, 6.07) is 7.47. The van der Waals surface area contributed by atoms with Gasteiger partial charge in [-0.2, -0.15) is 0 Å². The number of rotatable bonds is 2. The number of hydrogen-bond acceptors (Lipinski definition) is 2. The van der Waals surface area contributed by atoms with E-state index in [1.807, 2.05) is 24.3 Å². The first-order valence-corrected chi connectivity index (χ1v) is 3.05. The van der Waals surface area contributed by atoms with E-state index in [-0.39, 0.29) is 8.41 Å². The number of methoxy groups -OCH3 is 2. The Bertz CT molecular complexity index is 194. The van der Waals surface area contributed by atoms with Gasteiger partial charge in [0.05, 0.1) is 14.2 Å². The lowest BCUT2D eigenvalue weighted by Crippen LogP contribution is -1.84. The molecule has 0 unspecified atom stereocenters. The fourth-order valence-electron chi connectivity index (χ4n) is 0.728. The third-order valence-corrected chi connectivity index (χ3v) is 1.28. The van der Waals surface area contributed by atoms with Crippen LogP contribution in [0.25, 0.3) is 0 Å². The molecule has 57 valence electrons. The summed E-state index contributed by atoms with van der Waals surface area (Å²) in [5, 5.41) is 0. The van der Waals surface area contributed by atoms with E-state index in [1.54, 1.807) is 14.2 Å². The van der Waals surface area contributed by atoms with Crippen LogP contribution < -0.4 is 9.47 Å². The zero-order valence-corrected chi connectivity index (χ0v) is 6.70. The molecule has 2 nitrogen and oxygen atoms in total. The van der Waals surface area contributed by atoms with Gasteiger partial charge in [0.25, 0.3) is 0 Å². The van der Waals surface area contributed by atoms with Gasteiger partial charge < -0.3 is 9.47 Å². The highest BCUT2D eigenvalue weighted by Gasteiger charge is 1.91. The van der Waals surface area contributed by atoms with Gasteiger partial charge in [-0.3, -0.25) is 0 Å². The molecule has 0 atom stereocenters. The first kappa shape index (κ1) is 9.88. The average Bonchev–Trinajstić information content (AvgIpc) is 2.05. The van der Waals surface area contributed by atoms with Gasteiger partial charge in [0, 0.05) is 14.5 Å². The van der Waals surface area contributed by atoms with Crippen molar-refractivity contribution in [3.63, 3.8) is 0 Å². The van der Waals surface area contributed by atoms with Gasteiger partial charge in [-0.15, -0.1) is 0 Å². The fraction of sp³-hybridized carbons (Fsp3) is 0.250. The summed E-state index contributed by atoms with van der Waals surface area (Å²) in [6.45, 7) is 0. The molecule has 0 aromatic heterocycles. The van der Waals surface area contributed by atoms with Crippen LogP contribution in [0.5, 0.6) is 11.5 Å². The second-order valence-electron chi connectivity index (χ2n) is 1.88. The molecule has 0 saturated heterocycles. The lowest BCUT2D eigenvalue weighted by Gasteiger charge is -2.01. The van der Waals surface area contributed by atoms with Crippen molar-refractivity contribution in [2.45, 2.75) is 0 Å². The van der Waals surface area contributed by atoms with Crippen LogP contribution in [0.15, 0.2) is 24.3 Å². The molecular formula is C8H10BO2. The maximum absolute atomic E-state index is 4.98. The van der Waals surface area contributed by atoms with Crippen molar-refractivity contribution in [2.75, 3.05) is 14.2 Å². The van der Waals surface area contributed by atoms with Crippen LogP contribution in [0.3, 0.4) is 0 Å². The highest BCUT2D eigenvalue weighted by Crippen LogP contribution is 2.17. The zero-order chi connectivity index (χ0) is 7.40. The molecule has 0 bridgehead atoms. The van der Waals surface area contributed by atoms with E-state index in [0.29, 0.717) is 0 Å². The Morgan fingerprint density at radius 1 is 1.00 bits per heavy atom. The summed E-state index contributed by atoms with van der Waals surface area (Å²) in [6.07, 6.45) is 0. The van der Waals surface area contributed by atoms with Gasteiger partial charge in [-0.05, 0) is 12.1 Å². The van der Waals surface area contributed by atoms with Crippen molar-refractivity contribution in [3.05, 3.63) is 24.3 Å². The normalized spacial score (nSPS) is 8.18. The average molecular weight is 149 g/mol. The zero-order valence-electron chi connectivity index (χ0n) is 6.70. The number of benzene rings is 1. The second kappa shape index (κ2) is 4.66. The van der Waals surface area contributed by atoms with E-state index in [9.17, 15) is 0 Å². The topological polar surface area (TPSA) is 18.5 Å². The highest BCUT2D eigenvalue weighted by atomic mass is 16.5. The Morgan fingerprint density at radius 2 is 1.45 bits per heavy atom. The third kappa shape index (κ3) is 2.54. The van der Waals surface area contributed by atoms with E-state index in [1.165, 1.54) is 0 Å². The molecule has 3 radical (unpaired) electrons. The SMILES string of the molecule is COc1cccc(OC)c1.[B]. The molecule has 0 aliphatic heterocycles. The van der Waals surface area contributed by atoms with Gasteiger partial charge >= 0.3 is 0 Å². The second-order valence-corrected chi connectivity index (χ2v) is 1.88. The van der Waals surface area contributed by atoms with Crippen molar-refractivity contribution in [2.24, 2.45) is 0 Å². The van der Waals surface area contributed by atoms with E-state index in [0.717, 1.165) is 11.5 Å². The van der Waals surface area contributed by atoms with Gasteiger partial charge in [-0.1, -0.05) is 6.07 Å². The first-order chi connectivity index (χ1) is 4.86. The van der Waals surface area contributed by atoms with Crippen molar-refractivity contribution in [1.82, 2.24) is 0 Å². The molecule has 0 fully saturated rings. The van der Waals surface area contributed by atoms with Gasteiger partial charge in [0.15, 0.2) is 0 Å². The van der Waals surface area contributed by atoms with Crippen molar-refractivity contribution in [3.8, 4) is 11.5 Å². The van der Waals surface area contributed by atoms with Crippen LogP contribution in [0.2, 0.25) is 0 Å². The van der Waals surface area contributed by atoms with E-state index >= 15 is 0 Å². The molecule has 11 heavy (non-hydrogen) atoms. The first-order valence-electron chi connectivity index (χ1n) is 3.05. The third-order valence-electron chi connectivity index (χ3n) is 1.28. The molecule has 0 heterocycles. The summed E-state index contributed by atoms with van der Waals surface area (Å²) in [5.74, 6) is 1.64. The smallest absolute Gasteiger partial charge is 0.122 e. The molecule has 1 aromatic rings. The minimum absolute atomic E-state index is 0. The fourth-order valence-corrected chi connectivity index (χ4v) is 0.728. The standard InChI is InChI=1S/C8H10O2.B/c1-9-7-4-3-5-8(6-7)10-2;/h3-6H,1-2H3;. The van der Waals surface area contributed by atoms with Crippen LogP contribution in [0.4, 0.5) is 0 Å². The lowest BCUT2D eigenvalue weighted by atomic mass is 10.3. The van der Waals surface area contributed by atoms with E-state index in [4.69, 9.17) is 9.47 Å².